The minimum Gasteiger partial charge on any atom is -0.497 e. The van der Waals surface area contributed by atoms with Gasteiger partial charge in [-0.2, -0.15) is 0 Å². The second-order valence-electron chi connectivity index (χ2n) is 4.32. The molecule has 1 aliphatic rings. The van der Waals surface area contributed by atoms with Gasteiger partial charge in [-0.05, 0) is 43.5 Å². The van der Waals surface area contributed by atoms with Crippen LogP contribution in [0.25, 0.3) is 0 Å². The van der Waals surface area contributed by atoms with Crippen molar-refractivity contribution >= 4 is 11.6 Å². The average Bonchev–Trinajstić information content (AvgIpc) is 2.27. The summed E-state index contributed by atoms with van der Waals surface area (Å²) in [6.45, 7) is 1.03. The molecule has 0 spiro atoms. The van der Waals surface area contributed by atoms with Crippen LogP contribution in [0.1, 0.15) is 18.4 Å². The van der Waals surface area contributed by atoms with Crippen molar-refractivity contribution in [2.75, 3.05) is 13.7 Å². The molecule has 16 heavy (non-hydrogen) atoms. The van der Waals surface area contributed by atoms with Crippen molar-refractivity contribution in [3.8, 4) is 5.75 Å². The van der Waals surface area contributed by atoms with Gasteiger partial charge in [-0.15, -0.1) is 11.6 Å². The van der Waals surface area contributed by atoms with Crippen LogP contribution in [0.5, 0.6) is 5.75 Å². The van der Waals surface area contributed by atoms with E-state index in [1.54, 1.807) is 7.11 Å². The molecule has 0 saturated heterocycles. The van der Waals surface area contributed by atoms with E-state index < -0.39 is 0 Å². The number of halogens is 1. The van der Waals surface area contributed by atoms with Crippen LogP contribution in [0.3, 0.4) is 0 Å². The van der Waals surface area contributed by atoms with Crippen molar-refractivity contribution in [3.05, 3.63) is 29.8 Å². The summed E-state index contributed by atoms with van der Waals surface area (Å²) in [4.78, 5) is 0. The lowest BCUT2D eigenvalue weighted by molar-refractivity contribution is 0.349. The average molecular weight is 240 g/mol. The first-order valence-electron chi connectivity index (χ1n) is 5.78. The maximum absolute atomic E-state index is 5.92. The Kier molecular flexibility index (Phi) is 4.08. The summed E-state index contributed by atoms with van der Waals surface area (Å²) in [6.07, 6.45) is 3.29. The van der Waals surface area contributed by atoms with E-state index in [-0.39, 0.29) is 0 Å². The molecule has 1 N–H and O–H groups in total. The molecule has 0 atom stereocenters. The number of hydrogen-bond acceptors (Lipinski definition) is 2. The lowest BCUT2D eigenvalue weighted by atomic mass is 9.92. The second-order valence-corrected chi connectivity index (χ2v) is 4.94. The highest BCUT2D eigenvalue weighted by molar-refractivity contribution is 6.21. The van der Waals surface area contributed by atoms with E-state index in [9.17, 15) is 0 Å². The van der Waals surface area contributed by atoms with Crippen LogP contribution in [-0.4, -0.2) is 25.1 Å². The van der Waals surface area contributed by atoms with E-state index >= 15 is 0 Å². The smallest absolute Gasteiger partial charge is 0.118 e. The van der Waals surface area contributed by atoms with Gasteiger partial charge in [-0.3, -0.25) is 0 Å². The van der Waals surface area contributed by atoms with Gasteiger partial charge >= 0.3 is 0 Å². The van der Waals surface area contributed by atoms with Gasteiger partial charge in [0.1, 0.15) is 5.75 Å². The Bertz CT molecular complexity index is 319. The lowest BCUT2D eigenvalue weighted by Crippen LogP contribution is -2.42. The molecule has 1 fully saturated rings. The van der Waals surface area contributed by atoms with Gasteiger partial charge in [-0.1, -0.05) is 12.1 Å². The van der Waals surface area contributed by atoms with Crippen molar-refractivity contribution in [1.29, 1.82) is 0 Å². The summed E-state index contributed by atoms with van der Waals surface area (Å²) in [7, 11) is 1.69. The summed E-state index contributed by atoms with van der Waals surface area (Å²) in [5, 5.41) is 3.91. The first-order valence-corrected chi connectivity index (χ1v) is 6.22. The van der Waals surface area contributed by atoms with Crippen LogP contribution >= 0.6 is 11.6 Å². The van der Waals surface area contributed by atoms with Gasteiger partial charge in [0.15, 0.2) is 0 Å². The number of ether oxygens (including phenoxy) is 1. The largest absolute Gasteiger partial charge is 0.497 e. The van der Waals surface area contributed by atoms with Crippen molar-refractivity contribution in [1.82, 2.24) is 5.32 Å². The van der Waals surface area contributed by atoms with Crippen LogP contribution < -0.4 is 10.1 Å². The Hall–Kier alpha value is -0.730. The van der Waals surface area contributed by atoms with Crippen molar-refractivity contribution in [2.24, 2.45) is 0 Å². The van der Waals surface area contributed by atoms with Crippen LogP contribution in [0, 0.1) is 0 Å². The Morgan fingerprint density at radius 3 is 2.56 bits per heavy atom. The van der Waals surface area contributed by atoms with E-state index in [4.69, 9.17) is 16.3 Å². The zero-order valence-electron chi connectivity index (χ0n) is 9.58. The van der Waals surface area contributed by atoms with Gasteiger partial charge in [-0.25, -0.2) is 0 Å². The summed E-state index contributed by atoms with van der Waals surface area (Å²) >= 11 is 5.92. The molecule has 0 heterocycles. The minimum atomic E-state index is 0.401. The van der Waals surface area contributed by atoms with E-state index in [1.807, 2.05) is 12.1 Å². The predicted octanol–water partition coefficient (Wildman–Crippen LogP) is 2.60. The zero-order valence-corrected chi connectivity index (χ0v) is 10.3. The Labute approximate surface area is 102 Å². The van der Waals surface area contributed by atoms with Gasteiger partial charge in [0.05, 0.1) is 7.11 Å². The highest BCUT2D eigenvalue weighted by Gasteiger charge is 2.26. The maximum atomic E-state index is 5.92. The van der Waals surface area contributed by atoms with Crippen LogP contribution in [0.4, 0.5) is 0 Å². The molecule has 3 heteroatoms. The number of hydrogen-bond donors (Lipinski definition) is 1. The molecular weight excluding hydrogens is 222 g/mol. The maximum Gasteiger partial charge on any atom is 0.118 e. The number of alkyl halides is 1. The normalized spacial score (nSPS) is 23.9. The topological polar surface area (TPSA) is 21.3 Å². The number of benzene rings is 1. The third kappa shape index (κ3) is 3.13. The monoisotopic (exact) mass is 239 g/mol. The second kappa shape index (κ2) is 5.55. The molecule has 88 valence electrons. The first-order chi connectivity index (χ1) is 7.78. The molecule has 0 aromatic heterocycles. The molecule has 0 bridgehead atoms. The molecule has 0 unspecified atom stereocenters. The van der Waals surface area contributed by atoms with Crippen molar-refractivity contribution in [3.63, 3.8) is 0 Å². The van der Waals surface area contributed by atoms with E-state index in [0.29, 0.717) is 11.4 Å². The number of nitrogens with one attached hydrogen (secondary N) is 1. The quantitative estimate of drug-likeness (QED) is 0.798. The van der Waals surface area contributed by atoms with E-state index in [1.165, 1.54) is 5.56 Å². The van der Waals surface area contributed by atoms with Crippen LogP contribution in [0.15, 0.2) is 24.3 Å². The standard InChI is InChI=1S/C13H18ClNO/c1-16-13-4-2-10(3-5-13)6-7-15-12-8-11(14)9-12/h2-5,11-12,15H,6-9H2,1H3. The van der Waals surface area contributed by atoms with E-state index in [0.717, 1.165) is 31.6 Å². The molecule has 2 nitrogen and oxygen atoms in total. The first kappa shape index (κ1) is 11.7. The third-order valence-corrected chi connectivity index (χ3v) is 3.44. The van der Waals surface area contributed by atoms with Crippen LogP contribution in [0.2, 0.25) is 0 Å². The number of rotatable bonds is 5. The SMILES string of the molecule is COc1ccc(CCNC2CC(Cl)C2)cc1. The fraction of sp³-hybridized carbons (Fsp3) is 0.538. The van der Waals surface area contributed by atoms with Gasteiger partial charge < -0.3 is 10.1 Å². The molecule has 1 aromatic rings. The van der Waals surface area contributed by atoms with Gasteiger partial charge in [0.25, 0.3) is 0 Å². The number of methoxy groups -OCH3 is 1. The fourth-order valence-corrected chi connectivity index (χ4v) is 2.36. The highest BCUT2D eigenvalue weighted by atomic mass is 35.5. The summed E-state index contributed by atoms with van der Waals surface area (Å²) < 4.78 is 5.12. The molecule has 0 aliphatic heterocycles. The van der Waals surface area contributed by atoms with Crippen molar-refractivity contribution < 1.29 is 4.74 Å². The molecule has 1 aromatic carbocycles. The lowest BCUT2D eigenvalue weighted by Gasteiger charge is -2.31. The summed E-state index contributed by atoms with van der Waals surface area (Å²) in [6, 6.07) is 8.89. The summed E-state index contributed by atoms with van der Waals surface area (Å²) in [5.74, 6) is 0.917. The zero-order chi connectivity index (χ0) is 11.4. The van der Waals surface area contributed by atoms with Gasteiger partial charge in [0, 0.05) is 11.4 Å². The van der Waals surface area contributed by atoms with Crippen LogP contribution in [-0.2, 0) is 6.42 Å². The predicted molar refractivity (Wildman–Crippen MR) is 67.4 cm³/mol. The highest BCUT2D eigenvalue weighted by Crippen LogP contribution is 2.25. The molecule has 2 rings (SSSR count). The third-order valence-electron chi connectivity index (χ3n) is 3.09. The molecule has 0 amide bonds. The van der Waals surface area contributed by atoms with Crippen molar-refractivity contribution in [2.45, 2.75) is 30.7 Å². The van der Waals surface area contributed by atoms with Gasteiger partial charge in [0.2, 0.25) is 0 Å². The molecule has 0 radical (unpaired) electrons. The molecular formula is C13H18ClNO. The molecule has 1 saturated carbocycles. The van der Waals surface area contributed by atoms with E-state index in [2.05, 4.69) is 17.4 Å². The fourth-order valence-electron chi connectivity index (χ4n) is 1.93. The summed E-state index contributed by atoms with van der Waals surface area (Å²) in [5.41, 5.74) is 1.34. The Balaban J connectivity index is 1.68. The molecule has 1 aliphatic carbocycles. The minimum absolute atomic E-state index is 0.401. The Morgan fingerprint density at radius 1 is 1.31 bits per heavy atom. The Morgan fingerprint density at radius 2 is 2.00 bits per heavy atom.